The second kappa shape index (κ2) is 9.66. The first-order valence-electron chi connectivity index (χ1n) is 12.0. The van der Waals surface area contributed by atoms with E-state index in [0.717, 1.165) is 11.8 Å². The molecular formula is C25H27F3N6O3. The van der Waals surface area contributed by atoms with Crippen molar-refractivity contribution in [1.29, 1.82) is 0 Å². The zero-order chi connectivity index (χ0) is 26.3. The normalized spacial score (nSPS) is 17.5. The van der Waals surface area contributed by atoms with E-state index in [1.807, 2.05) is 11.0 Å². The number of fused-ring (bicyclic) bond motifs is 1. The highest BCUT2D eigenvalue weighted by Gasteiger charge is 2.33. The lowest BCUT2D eigenvalue weighted by Gasteiger charge is -2.39. The Hall–Kier alpha value is -3.67. The minimum absolute atomic E-state index is 0.0372. The summed E-state index contributed by atoms with van der Waals surface area (Å²) in [5.41, 5.74) is 1.42. The number of pyridine rings is 1. The predicted octanol–water partition coefficient (Wildman–Crippen LogP) is 3.53. The van der Waals surface area contributed by atoms with E-state index < -0.39 is 23.5 Å². The number of ether oxygens (including phenoxy) is 1. The number of amides is 1. The number of carbonyl (C=O) groups is 1. The number of aryl methyl sites for hydroxylation is 1. The summed E-state index contributed by atoms with van der Waals surface area (Å²) in [7, 11) is 0. The minimum atomic E-state index is -4.58. The molecule has 2 aromatic heterocycles. The van der Waals surface area contributed by atoms with Crippen molar-refractivity contribution in [2.45, 2.75) is 26.1 Å². The molecule has 2 aliphatic rings. The number of piperazine rings is 1. The van der Waals surface area contributed by atoms with Crippen LogP contribution < -0.4 is 10.2 Å². The molecule has 37 heavy (non-hydrogen) atoms. The molecule has 1 aromatic carbocycles. The van der Waals surface area contributed by atoms with E-state index >= 15 is 0 Å². The number of anilines is 2. The molecule has 2 N–H and O–H groups in total. The van der Waals surface area contributed by atoms with Gasteiger partial charge in [0.25, 0.3) is 0 Å². The fourth-order valence-corrected chi connectivity index (χ4v) is 4.59. The smallest absolute Gasteiger partial charge is 0.416 e. The molecule has 5 rings (SSSR count). The summed E-state index contributed by atoms with van der Waals surface area (Å²) in [6, 6.07) is 4.31. The SMILES string of the molecule is Cc1nnc(N[C@H](C)c2cc(O)cc(C(F)(F)F)c2)c2cc(N3CCN(C(=O)C4COC4)CC3)cnc12. The molecule has 0 spiro atoms. The molecule has 2 aliphatic heterocycles. The van der Waals surface area contributed by atoms with E-state index in [0.29, 0.717) is 67.9 Å². The van der Waals surface area contributed by atoms with E-state index in [2.05, 4.69) is 25.4 Å². The number of aromatic nitrogens is 3. The van der Waals surface area contributed by atoms with Crippen LogP contribution in [0.1, 0.15) is 29.8 Å². The summed E-state index contributed by atoms with van der Waals surface area (Å²) in [6.45, 7) is 6.94. The lowest BCUT2D eigenvalue weighted by atomic mass is 10.0. The molecule has 12 heteroatoms. The molecule has 0 bridgehead atoms. The number of rotatable bonds is 5. The first-order valence-corrected chi connectivity index (χ1v) is 12.0. The number of hydrogen-bond donors (Lipinski definition) is 2. The summed E-state index contributed by atoms with van der Waals surface area (Å²) in [5.74, 6) is 0.00205. The van der Waals surface area contributed by atoms with Crippen LogP contribution in [-0.4, -0.2) is 70.5 Å². The summed E-state index contributed by atoms with van der Waals surface area (Å²) in [4.78, 5) is 21.1. The van der Waals surface area contributed by atoms with Crippen LogP contribution in [0.15, 0.2) is 30.5 Å². The molecule has 2 fully saturated rings. The fourth-order valence-electron chi connectivity index (χ4n) is 4.59. The number of hydrogen-bond acceptors (Lipinski definition) is 8. The van der Waals surface area contributed by atoms with Crippen molar-refractivity contribution < 1.29 is 27.8 Å². The lowest BCUT2D eigenvalue weighted by Crippen LogP contribution is -2.53. The highest BCUT2D eigenvalue weighted by Crippen LogP contribution is 2.35. The van der Waals surface area contributed by atoms with Crippen LogP contribution in [0.4, 0.5) is 24.7 Å². The van der Waals surface area contributed by atoms with Crippen molar-refractivity contribution in [3.8, 4) is 5.75 Å². The Balaban J connectivity index is 1.38. The molecule has 0 radical (unpaired) electrons. The Morgan fingerprint density at radius 1 is 1.14 bits per heavy atom. The monoisotopic (exact) mass is 516 g/mol. The average molecular weight is 517 g/mol. The third-order valence-electron chi connectivity index (χ3n) is 6.84. The van der Waals surface area contributed by atoms with Gasteiger partial charge in [0.1, 0.15) is 5.75 Å². The molecular weight excluding hydrogens is 489 g/mol. The zero-order valence-electron chi connectivity index (χ0n) is 20.4. The third-order valence-corrected chi connectivity index (χ3v) is 6.84. The highest BCUT2D eigenvalue weighted by molar-refractivity contribution is 5.92. The van der Waals surface area contributed by atoms with Gasteiger partial charge in [-0.05, 0) is 43.7 Å². The van der Waals surface area contributed by atoms with Gasteiger partial charge < -0.3 is 25.0 Å². The van der Waals surface area contributed by atoms with E-state index in [-0.39, 0.29) is 17.4 Å². The van der Waals surface area contributed by atoms with Crippen LogP contribution in [0.5, 0.6) is 5.75 Å². The van der Waals surface area contributed by atoms with Crippen LogP contribution in [0, 0.1) is 12.8 Å². The van der Waals surface area contributed by atoms with Crippen LogP contribution in [0.2, 0.25) is 0 Å². The zero-order valence-corrected chi connectivity index (χ0v) is 20.4. The first kappa shape index (κ1) is 25.0. The molecule has 1 atom stereocenters. The van der Waals surface area contributed by atoms with E-state index in [9.17, 15) is 23.1 Å². The van der Waals surface area contributed by atoms with Crippen molar-refractivity contribution in [1.82, 2.24) is 20.1 Å². The summed E-state index contributed by atoms with van der Waals surface area (Å²) >= 11 is 0. The Labute approximate surface area is 211 Å². The first-order chi connectivity index (χ1) is 17.6. The summed E-state index contributed by atoms with van der Waals surface area (Å²) in [6.07, 6.45) is -2.82. The molecule has 196 valence electrons. The number of phenolic OH excluding ortho intramolecular Hbond substituents is 1. The topological polar surface area (TPSA) is 104 Å². The molecule has 9 nitrogen and oxygen atoms in total. The van der Waals surface area contributed by atoms with Crippen LogP contribution in [0.25, 0.3) is 10.9 Å². The third kappa shape index (κ3) is 5.10. The number of carbonyl (C=O) groups excluding carboxylic acids is 1. The second-order valence-electron chi connectivity index (χ2n) is 9.45. The number of aromatic hydroxyl groups is 1. The fraction of sp³-hybridized carbons (Fsp3) is 0.440. The van der Waals surface area contributed by atoms with Gasteiger partial charge in [-0.15, -0.1) is 5.10 Å². The molecule has 3 aromatic rings. The van der Waals surface area contributed by atoms with E-state index in [4.69, 9.17) is 4.74 Å². The average Bonchev–Trinajstić information content (AvgIpc) is 2.83. The number of phenols is 1. The highest BCUT2D eigenvalue weighted by atomic mass is 19.4. The van der Waals surface area contributed by atoms with Gasteiger partial charge in [-0.3, -0.25) is 9.78 Å². The Morgan fingerprint density at radius 2 is 1.86 bits per heavy atom. The molecule has 0 aliphatic carbocycles. The van der Waals surface area contributed by atoms with Crippen LogP contribution in [0.3, 0.4) is 0 Å². The molecule has 2 saturated heterocycles. The second-order valence-corrected chi connectivity index (χ2v) is 9.45. The number of alkyl halides is 3. The predicted molar refractivity (Wildman–Crippen MR) is 130 cm³/mol. The summed E-state index contributed by atoms with van der Waals surface area (Å²) < 4.78 is 44.9. The Morgan fingerprint density at radius 3 is 2.51 bits per heavy atom. The number of halogens is 3. The van der Waals surface area contributed by atoms with Crippen LogP contribution >= 0.6 is 0 Å². The van der Waals surface area contributed by atoms with E-state index in [1.54, 1.807) is 20.0 Å². The minimum Gasteiger partial charge on any atom is -0.508 e. The van der Waals surface area contributed by atoms with Crippen molar-refractivity contribution in [3.05, 3.63) is 47.3 Å². The van der Waals surface area contributed by atoms with Gasteiger partial charge in [0.05, 0.1) is 53.8 Å². The number of benzene rings is 1. The van der Waals surface area contributed by atoms with Gasteiger partial charge >= 0.3 is 6.18 Å². The summed E-state index contributed by atoms with van der Waals surface area (Å²) in [5, 5.41) is 22.1. The molecule has 1 amide bonds. The van der Waals surface area contributed by atoms with Crippen molar-refractivity contribution in [3.63, 3.8) is 0 Å². The maximum absolute atomic E-state index is 13.2. The van der Waals surface area contributed by atoms with Crippen LogP contribution in [-0.2, 0) is 15.7 Å². The largest absolute Gasteiger partial charge is 0.508 e. The van der Waals surface area contributed by atoms with Gasteiger partial charge in [-0.25, -0.2) is 0 Å². The van der Waals surface area contributed by atoms with Crippen molar-refractivity contribution >= 4 is 28.3 Å². The van der Waals surface area contributed by atoms with Gasteiger partial charge in [-0.1, -0.05) is 0 Å². The van der Waals surface area contributed by atoms with Gasteiger partial charge in [0.2, 0.25) is 5.91 Å². The molecule has 0 saturated carbocycles. The van der Waals surface area contributed by atoms with Gasteiger partial charge in [0, 0.05) is 31.6 Å². The Bertz CT molecular complexity index is 1320. The van der Waals surface area contributed by atoms with Crippen molar-refractivity contribution in [2.75, 3.05) is 49.6 Å². The molecule has 0 unspecified atom stereocenters. The number of nitrogens with zero attached hydrogens (tertiary/aromatic N) is 5. The Kier molecular flexibility index (Phi) is 6.52. The maximum atomic E-state index is 13.2. The molecule has 4 heterocycles. The van der Waals surface area contributed by atoms with Gasteiger partial charge in [0.15, 0.2) is 5.82 Å². The number of nitrogens with one attached hydrogen (secondary N) is 1. The van der Waals surface area contributed by atoms with Gasteiger partial charge in [-0.2, -0.15) is 18.3 Å². The quantitative estimate of drug-likeness (QED) is 0.531. The lowest BCUT2D eigenvalue weighted by molar-refractivity contribution is -0.150. The van der Waals surface area contributed by atoms with Crippen molar-refractivity contribution in [2.24, 2.45) is 5.92 Å². The standard InChI is InChI=1S/C25H27F3N6O3/c1-14(16-7-18(25(26,27)28)9-20(35)8-16)30-23-21-10-19(11-29-22(21)15(2)31-32-23)33-3-5-34(6-4-33)24(36)17-12-37-13-17/h7-11,14,17,35H,3-6,12-13H2,1-2H3,(H,30,32)/t14-/m1/s1. The van der Waals surface area contributed by atoms with E-state index in [1.165, 1.54) is 6.07 Å². The maximum Gasteiger partial charge on any atom is 0.416 e.